The van der Waals surface area contributed by atoms with Crippen LogP contribution in [0.3, 0.4) is 0 Å². The lowest BCUT2D eigenvalue weighted by Crippen LogP contribution is -2.47. The number of H-pyrrole nitrogens is 1. The molecule has 184 valence electrons. The van der Waals surface area contributed by atoms with Crippen molar-refractivity contribution in [3.8, 4) is 0 Å². The van der Waals surface area contributed by atoms with Crippen molar-refractivity contribution in [2.24, 2.45) is 0 Å². The molecule has 0 radical (unpaired) electrons. The highest BCUT2D eigenvalue weighted by molar-refractivity contribution is 7.17. The van der Waals surface area contributed by atoms with Gasteiger partial charge in [0.05, 0.1) is 28.0 Å². The van der Waals surface area contributed by atoms with Gasteiger partial charge < -0.3 is 20.4 Å². The van der Waals surface area contributed by atoms with E-state index >= 15 is 0 Å². The van der Waals surface area contributed by atoms with E-state index in [0.29, 0.717) is 24.7 Å². The number of carbonyl (C=O) groups excluding carboxylic acids is 1. The summed E-state index contributed by atoms with van der Waals surface area (Å²) < 4.78 is 0.989. The Balaban J connectivity index is 0.000000421. The molecule has 9 nitrogen and oxygen atoms in total. The summed E-state index contributed by atoms with van der Waals surface area (Å²) in [6, 6.07) is 13.9. The van der Waals surface area contributed by atoms with Gasteiger partial charge in [-0.05, 0) is 46.3 Å². The molecule has 0 aliphatic carbocycles. The zero-order valence-corrected chi connectivity index (χ0v) is 21.6. The maximum atomic E-state index is 12.8. The number of urea groups is 1. The second kappa shape index (κ2) is 10.4. The summed E-state index contributed by atoms with van der Waals surface area (Å²) in [7, 11) is 3.97. The van der Waals surface area contributed by atoms with Crippen molar-refractivity contribution in [2.45, 2.75) is 32.9 Å². The summed E-state index contributed by atoms with van der Waals surface area (Å²) in [5, 5.41) is 16.0. The maximum Gasteiger partial charge on any atom is 0.318 e. The number of amides is 2. The molecule has 4 heterocycles. The largest absolute Gasteiger partial charge is 0.337 e. The van der Waals surface area contributed by atoms with Crippen LogP contribution in [0.4, 0.5) is 16.4 Å². The fourth-order valence-electron chi connectivity index (χ4n) is 3.99. The Labute approximate surface area is 209 Å². The molecular formula is C25H32N8OS. The predicted molar refractivity (Wildman–Crippen MR) is 141 cm³/mol. The number of rotatable bonds is 5. The SMILES string of the molecule is Cc1nc(Nc2n[nH]c3c2CN(C(=O)NCCN(C)C)C3(C)C)c2sccc2n1.c1ccccc1. The normalized spacial score (nSPS) is 13.9. The minimum Gasteiger partial charge on any atom is -0.337 e. The van der Waals surface area contributed by atoms with Gasteiger partial charge in [0.25, 0.3) is 0 Å². The molecule has 2 amide bonds. The van der Waals surface area contributed by atoms with Gasteiger partial charge in [-0.3, -0.25) is 5.10 Å². The molecule has 3 aromatic heterocycles. The second-order valence-electron chi connectivity index (χ2n) is 9.14. The summed E-state index contributed by atoms with van der Waals surface area (Å²) in [6.45, 7) is 7.81. The van der Waals surface area contributed by atoms with E-state index in [0.717, 1.165) is 33.8 Å². The Morgan fingerprint density at radius 1 is 1.14 bits per heavy atom. The van der Waals surface area contributed by atoms with E-state index in [9.17, 15) is 4.79 Å². The highest BCUT2D eigenvalue weighted by Crippen LogP contribution is 2.41. The van der Waals surface area contributed by atoms with Crippen LogP contribution >= 0.6 is 11.3 Å². The molecular weight excluding hydrogens is 460 g/mol. The predicted octanol–water partition coefficient (Wildman–Crippen LogP) is 4.47. The number of likely N-dealkylation sites (N-methyl/N-ethyl adjacent to an activating group) is 1. The van der Waals surface area contributed by atoms with Crippen molar-refractivity contribution >= 4 is 39.2 Å². The zero-order valence-electron chi connectivity index (χ0n) is 20.8. The van der Waals surface area contributed by atoms with Crippen LogP contribution in [0.15, 0.2) is 47.8 Å². The van der Waals surface area contributed by atoms with Gasteiger partial charge in [-0.25, -0.2) is 14.8 Å². The molecule has 0 saturated carbocycles. The minimum absolute atomic E-state index is 0.0778. The molecule has 1 aliphatic rings. The molecule has 1 aliphatic heterocycles. The van der Waals surface area contributed by atoms with Gasteiger partial charge in [-0.15, -0.1) is 11.3 Å². The van der Waals surface area contributed by atoms with E-state index in [-0.39, 0.29) is 6.03 Å². The maximum absolute atomic E-state index is 12.8. The third kappa shape index (κ3) is 5.44. The first kappa shape index (κ1) is 24.6. The minimum atomic E-state index is -0.482. The van der Waals surface area contributed by atoms with E-state index in [1.807, 2.05) is 92.5 Å². The van der Waals surface area contributed by atoms with Gasteiger partial charge in [0.15, 0.2) is 11.6 Å². The van der Waals surface area contributed by atoms with Crippen molar-refractivity contribution < 1.29 is 4.79 Å². The standard InChI is InChI=1S/C19H26N8OS.C6H6/c1-11-21-13-6-9-29-14(13)17(22-11)23-16-12-10-27(18(28)20-7-8-26(4)5)19(2,3)15(12)24-25-16;1-2-4-6-5-3-1/h6,9H,7-8,10H2,1-5H3,(H,20,28)(H2,21,22,23,24,25);1-6H. The van der Waals surface area contributed by atoms with Crippen molar-refractivity contribution in [1.82, 2.24) is 35.3 Å². The van der Waals surface area contributed by atoms with Crippen LogP contribution in [-0.2, 0) is 12.1 Å². The monoisotopic (exact) mass is 492 g/mol. The first-order valence-electron chi connectivity index (χ1n) is 11.5. The number of nitrogens with one attached hydrogen (secondary N) is 3. The first-order chi connectivity index (χ1) is 16.8. The third-order valence-electron chi connectivity index (χ3n) is 5.87. The third-order valence-corrected chi connectivity index (χ3v) is 6.78. The quantitative estimate of drug-likeness (QED) is 0.380. The van der Waals surface area contributed by atoms with Gasteiger partial charge in [-0.2, -0.15) is 5.10 Å². The molecule has 0 unspecified atom stereocenters. The number of aromatic amines is 1. The number of carbonyl (C=O) groups is 1. The van der Waals surface area contributed by atoms with Crippen LogP contribution in [-0.4, -0.2) is 63.2 Å². The number of hydrogen-bond donors (Lipinski definition) is 3. The van der Waals surface area contributed by atoms with E-state index in [1.165, 1.54) is 0 Å². The van der Waals surface area contributed by atoms with E-state index in [4.69, 9.17) is 0 Å². The van der Waals surface area contributed by atoms with Gasteiger partial charge in [0, 0.05) is 18.7 Å². The fraction of sp³-hybridized carbons (Fsp3) is 0.360. The summed E-state index contributed by atoms with van der Waals surface area (Å²) in [5.41, 5.74) is 2.36. The van der Waals surface area contributed by atoms with Crippen molar-refractivity contribution in [3.05, 3.63) is 64.9 Å². The lowest BCUT2D eigenvalue weighted by atomic mass is 10.0. The van der Waals surface area contributed by atoms with Gasteiger partial charge in [-0.1, -0.05) is 36.4 Å². The van der Waals surface area contributed by atoms with Crippen LogP contribution in [0.1, 0.15) is 30.9 Å². The lowest BCUT2D eigenvalue weighted by molar-refractivity contribution is 0.142. The number of aromatic nitrogens is 4. The van der Waals surface area contributed by atoms with Crippen molar-refractivity contribution in [1.29, 1.82) is 0 Å². The van der Waals surface area contributed by atoms with Crippen LogP contribution in [0.2, 0.25) is 0 Å². The number of hydrogen-bond acceptors (Lipinski definition) is 7. The molecule has 0 atom stereocenters. The highest BCUT2D eigenvalue weighted by atomic mass is 32.1. The van der Waals surface area contributed by atoms with Gasteiger partial charge >= 0.3 is 6.03 Å². The molecule has 0 fully saturated rings. The smallest absolute Gasteiger partial charge is 0.318 e. The number of aryl methyl sites for hydroxylation is 1. The molecule has 4 aromatic rings. The van der Waals surface area contributed by atoms with E-state index < -0.39 is 5.54 Å². The average Bonchev–Trinajstić information content (AvgIpc) is 3.51. The summed E-state index contributed by atoms with van der Waals surface area (Å²) in [5.74, 6) is 2.14. The van der Waals surface area contributed by atoms with Gasteiger partial charge in [0.2, 0.25) is 0 Å². The Hall–Kier alpha value is -3.50. The highest BCUT2D eigenvalue weighted by Gasteiger charge is 2.43. The van der Waals surface area contributed by atoms with Crippen LogP contribution in [0.5, 0.6) is 0 Å². The van der Waals surface area contributed by atoms with Crippen LogP contribution < -0.4 is 10.6 Å². The Bertz CT molecular complexity index is 1250. The van der Waals surface area contributed by atoms with Crippen LogP contribution in [0, 0.1) is 6.92 Å². The van der Waals surface area contributed by atoms with Crippen molar-refractivity contribution in [3.63, 3.8) is 0 Å². The number of thiophene rings is 1. The average molecular weight is 493 g/mol. The molecule has 35 heavy (non-hydrogen) atoms. The summed E-state index contributed by atoms with van der Waals surface area (Å²) >= 11 is 1.59. The first-order valence-corrected chi connectivity index (χ1v) is 12.4. The van der Waals surface area contributed by atoms with Gasteiger partial charge in [0.1, 0.15) is 5.82 Å². The number of benzene rings is 1. The second-order valence-corrected chi connectivity index (χ2v) is 10.1. The molecule has 0 saturated heterocycles. The Morgan fingerprint density at radius 2 is 1.83 bits per heavy atom. The molecule has 5 rings (SSSR count). The molecule has 1 aromatic carbocycles. The number of fused-ring (bicyclic) bond motifs is 2. The number of anilines is 2. The van der Waals surface area contributed by atoms with Crippen LogP contribution in [0.25, 0.3) is 10.2 Å². The fourth-order valence-corrected chi connectivity index (χ4v) is 4.76. The summed E-state index contributed by atoms with van der Waals surface area (Å²) in [4.78, 5) is 25.7. The zero-order chi connectivity index (χ0) is 25.0. The van der Waals surface area contributed by atoms with E-state index in [1.54, 1.807) is 11.3 Å². The number of nitrogens with zero attached hydrogens (tertiary/aromatic N) is 5. The Kier molecular flexibility index (Phi) is 7.32. The summed E-state index contributed by atoms with van der Waals surface area (Å²) in [6.07, 6.45) is 0. The lowest BCUT2D eigenvalue weighted by Gasteiger charge is -2.32. The molecule has 3 N–H and O–H groups in total. The molecule has 0 bridgehead atoms. The van der Waals surface area contributed by atoms with E-state index in [2.05, 4.69) is 30.8 Å². The Morgan fingerprint density at radius 3 is 2.49 bits per heavy atom. The molecule has 10 heteroatoms. The topological polar surface area (TPSA) is 102 Å². The van der Waals surface area contributed by atoms with Crippen molar-refractivity contribution in [2.75, 3.05) is 32.5 Å². The molecule has 0 spiro atoms.